The summed E-state index contributed by atoms with van der Waals surface area (Å²) >= 11 is 0. The van der Waals surface area contributed by atoms with Crippen molar-refractivity contribution < 1.29 is 19.0 Å². The van der Waals surface area contributed by atoms with E-state index in [1.54, 1.807) is 44.0 Å². The normalized spacial score (nSPS) is 11.8. The lowest BCUT2D eigenvalue weighted by molar-refractivity contribution is -0.122. The number of anilines is 1. The van der Waals surface area contributed by atoms with E-state index in [0.29, 0.717) is 28.7 Å². The molecule has 1 atom stereocenters. The van der Waals surface area contributed by atoms with Gasteiger partial charge < -0.3 is 19.5 Å². The summed E-state index contributed by atoms with van der Waals surface area (Å²) in [5.74, 6) is 1.15. The average molecular weight is 447 g/mol. The second-order valence-corrected chi connectivity index (χ2v) is 7.63. The van der Waals surface area contributed by atoms with E-state index in [1.807, 2.05) is 50.2 Å². The molecule has 0 aliphatic heterocycles. The van der Waals surface area contributed by atoms with E-state index in [9.17, 15) is 4.79 Å². The topological polar surface area (TPSA) is 87.5 Å². The zero-order valence-electron chi connectivity index (χ0n) is 19.2. The summed E-state index contributed by atoms with van der Waals surface area (Å²) in [5, 5.41) is 8.46. The molecule has 0 aliphatic rings. The largest absolute Gasteiger partial charge is 0.493 e. The van der Waals surface area contributed by atoms with Gasteiger partial charge in [-0.1, -0.05) is 18.2 Å². The van der Waals surface area contributed by atoms with Gasteiger partial charge in [-0.25, -0.2) is 4.68 Å². The van der Waals surface area contributed by atoms with Crippen LogP contribution in [-0.4, -0.2) is 41.0 Å². The molecule has 8 heteroatoms. The molecule has 0 saturated carbocycles. The number of nitrogens with one attached hydrogen (secondary N) is 1. The molecule has 8 nitrogen and oxygen atoms in total. The molecule has 4 rings (SSSR count). The van der Waals surface area contributed by atoms with Gasteiger partial charge in [0.2, 0.25) is 5.88 Å². The van der Waals surface area contributed by atoms with Crippen LogP contribution < -0.4 is 19.5 Å². The van der Waals surface area contributed by atoms with Crippen LogP contribution in [0.1, 0.15) is 18.2 Å². The molecule has 170 valence electrons. The maximum atomic E-state index is 12.8. The Kier molecular flexibility index (Phi) is 6.17. The summed E-state index contributed by atoms with van der Waals surface area (Å²) in [5.41, 5.74) is 4.01. The van der Waals surface area contributed by atoms with Gasteiger partial charge in [0, 0.05) is 23.2 Å². The van der Waals surface area contributed by atoms with E-state index in [0.717, 1.165) is 22.3 Å². The van der Waals surface area contributed by atoms with Gasteiger partial charge in [-0.3, -0.25) is 4.79 Å². The van der Waals surface area contributed by atoms with Gasteiger partial charge in [0.15, 0.2) is 23.3 Å². The molecule has 0 bridgehead atoms. The molecule has 0 radical (unpaired) electrons. The Hall–Kier alpha value is -4.07. The van der Waals surface area contributed by atoms with Gasteiger partial charge in [0.25, 0.3) is 5.91 Å². The maximum absolute atomic E-state index is 12.8. The van der Waals surface area contributed by atoms with Gasteiger partial charge in [-0.05, 0) is 50.6 Å². The van der Waals surface area contributed by atoms with E-state index in [2.05, 4.69) is 15.4 Å². The van der Waals surface area contributed by atoms with Crippen LogP contribution in [0.25, 0.3) is 16.7 Å². The zero-order valence-corrected chi connectivity index (χ0v) is 19.2. The van der Waals surface area contributed by atoms with Gasteiger partial charge in [-0.2, -0.15) is 10.1 Å². The average Bonchev–Trinajstić information content (AvgIpc) is 3.16. The first-order valence-corrected chi connectivity index (χ1v) is 10.5. The minimum Gasteiger partial charge on any atom is -0.493 e. The molecule has 0 fully saturated rings. The minimum atomic E-state index is -0.781. The summed E-state index contributed by atoms with van der Waals surface area (Å²) in [6, 6.07) is 16.8. The number of hydrogen-bond acceptors (Lipinski definition) is 6. The Morgan fingerprint density at radius 3 is 2.42 bits per heavy atom. The van der Waals surface area contributed by atoms with E-state index in [-0.39, 0.29) is 5.91 Å². The van der Waals surface area contributed by atoms with Crippen molar-refractivity contribution in [2.45, 2.75) is 26.9 Å². The lowest BCUT2D eigenvalue weighted by Gasteiger charge is -2.16. The maximum Gasteiger partial charge on any atom is 0.265 e. The van der Waals surface area contributed by atoms with Crippen molar-refractivity contribution in [1.82, 2.24) is 14.8 Å². The molecule has 2 aromatic carbocycles. The number of ether oxygens (including phenoxy) is 3. The third-order valence-corrected chi connectivity index (χ3v) is 5.31. The Labute approximate surface area is 192 Å². The van der Waals surface area contributed by atoms with Crippen molar-refractivity contribution in [2.24, 2.45) is 0 Å². The number of aryl methyl sites for hydroxylation is 2. The molecule has 1 amide bonds. The van der Waals surface area contributed by atoms with Crippen molar-refractivity contribution in [1.29, 1.82) is 0 Å². The molecule has 0 unspecified atom stereocenters. The standard InChI is InChI=1S/C25H26N4O4/c1-15-13-22(27-24-23(15)16(2)28-29(24)19-9-7-6-8-10-19)33-17(3)25(30)26-18-11-12-20(31-4)21(14-18)32-5/h6-14,17H,1-5H3,(H,26,30)/t17-/m0/s1. The number of hydrogen-bond donors (Lipinski definition) is 1. The molecule has 4 aromatic rings. The minimum absolute atomic E-state index is 0.311. The molecule has 0 spiro atoms. The van der Waals surface area contributed by atoms with Gasteiger partial charge >= 0.3 is 0 Å². The van der Waals surface area contributed by atoms with Crippen molar-refractivity contribution in [2.75, 3.05) is 19.5 Å². The van der Waals surface area contributed by atoms with Crippen LogP contribution in [0, 0.1) is 13.8 Å². The first kappa shape index (κ1) is 22.1. The molecule has 0 saturated heterocycles. The lowest BCUT2D eigenvalue weighted by atomic mass is 10.1. The van der Waals surface area contributed by atoms with Crippen LogP contribution in [-0.2, 0) is 4.79 Å². The molecule has 2 aromatic heterocycles. The van der Waals surface area contributed by atoms with Crippen LogP contribution in [0.15, 0.2) is 54.6 Å². The van der Waals surface area contributed by atoms with E-state index >= 15 is 0 Å². The molecular formula is C25H26N4O4. The van der Waals surface area contributed by atoms with Crippen LogP contribution >= 0.6 is 0 Å². The number of rotatable bonds is 7. The number of carbonyl (C=O) groups excluding carboxylic acids is 1. The van der Waals surface area contributed by atoms with Crippen molar-refractivity contribution in [3.05, 3.63) is 65.9 Å². The summed E-state index contributed by atoms with van der Waals surface area (Å²) in [6.07, 6.45) is -0.781. The Morgan fingerprint density at radius 1 is 1.00 bits per heavy atom. The number of aromatic nitrogens is 3. The van der Waals surface area contributed by atoms with Crippen LogP contribution in [0.5, 0.6) is 17.4 Å². The van der Waals surface area contributed by atoms with Crippen molar-refractivity contribution >= 4 is 22.6 Å². The van der Waals surface area contributed by atoms with E-state index in [1.165, 1.54) is 0 Å². The molecule has 0 aliphatic carbocycles. The predicted octanol–water partition coefficient (Wildman–Crippen LogP) is 4.46. The van der Waals surface area contributed by atoms with Gasteiger partial charge in [-0.15, -0.1) is 0 Å². The monoisotopic (exact) mass is 446 g/mol. The summed E-state index contributed by atoms with van der Waals surface area (Å²) < 4.78 is 18.2. The highest BCUT2D eigenvalue weighted by Gasteiger charge is 2.19. The number of amides is 1. The SMILES string of the molecule is COc1ccc(NC(=O)[C@H](C)Oc2cc(C)c3c(C)nn(-c4ccccc4)c3n2)cc1OC. The smallest absolute Gasteiger partial charge is 0.265 e. The Bertz CT molecular complexity index is 1300. The fraction of sp³-hybridized carbons (Fsp3) is 0.240. The highest BCUT2D eigenvalue weighted by atomic mass is 16.5. The van der Waals surface area contributed by atoms with E-state index in [4.69, 9.17) is 14.2 Å². The van der Waals surface area contributed by atoms with E-state index < -0.39 is 6.10 Å². The summed E-state index contributed by atoms with van der Waals surface area (Å²) in [4.78, 5) is 17.4. The molecule has 1 N–H and O–H groups in total. The summed E-state index contributed by atoms with van der Waals surface area (Å²) in [6.45, 7) is 5.61. The molecular weight excluding hydrogens is 420 g/mol. The van der Waals surface area contributed by atoms with Crippen LogP contribution in [0.2, 0.25) is 0 Å². The van der Waals surface area contributed by atoms with Crippen LogP contribution in [0.4, 0.5) is 5.69 Å². The van der Waals surface area contributed by atoms with Crippen LogP contribution in [0.3, 0.4) is 0 Å². The fourth-order valence-electron chi connectivity index (χ4n) is 3.68. The third-order valence-electron chi connectivity index (χ3n) is 5.31. The summed E-state index contributed by atoms with van der Waals surface area (Å²) in [7, 11) is 3.10. The second-order valence-electron chi connectivity index (χ2n) is 7.63. The number of methoxy groups -OCH3 is 2. The van der Waals surface area contributed by atoms with Gasteiger partial charge in [0.05, 0.1) is 25.6 Å². The second kappa shape index (κ2) is 9.20. The van der Waals surface area contributed by atoms with Gasteiger partial charge in [0.1, 0.15) is 0 Å². The van der Waals surface area contributed by atoms with Crippen molar-refractivity contribution in [3.63, 3.8) is 0 Å². The quantitative estimate of drug-likeness (QED) is 0.451. The first-order chi connectivity index (χ1) is 15.9. The Morgan fingerprint density at radius 2 is 1.73 bits per heavy atom. The molecule has 2 heterocycles. The molecule has 33 heavy (non-hydrogen) atoms. The lowest BCUT2D eigenvalue weighted by Crippen LogP contribution is -2.30. The first-order valence-electron chi connectivity index (χ1n) is 10.5. The number of para-hydroxylation sites is 1. The highest BCUT2D eigenvalue weighted by molar-refractivity contribution is 5.94. The predicted molar refractivity (Wildman–Crippen MR) is 127 cm³/mol. The number of fused-ring (bicyclic) bond motifs is 1. The number of pyridine rings is 1. The third kappa shape index (κ3) is 4.45. The number of carbonyl (C=O) groups is 1. The fourth-order valence-corrected chi connectivity index (χ4v) is 3.68. The van der Waals surface area contributed by atoms with Crippen molar-refractivity contribution in [3.8, 4) is 23.1 Å². The highest BCUT2D eigenvalue weighted by Crippen LogP contribution is 2.30. The number of benzene rings is 2. The zero-order chi connectivity index (χ0) is 23.5. The number of nitrogens with zero attached hydrogens (tertiary/aromatic N) is 3. The Balaban J connectivity index is 1.58.